The zero-order chi connectivity index (χ0) is 20.4. The van der Waals surface area contributed by atoms with Gasteiger partial charge in [0.1, 0.15) is 30.6 Å². The predicted octanol–water partition coefficient (Wildman–Crippen LogP) is 5.66. The van der Waals surface area contributed by atoms with Crippen LogP contribution in [0.2, 0.25) is 5.02 Å². The summed E-state index contributed by atoms with van der Waals surface area (Å²) in [6.07, 6.45) is 0. The Morgan fingerprint density at radius 2 is 1.76 bits per heavy atom. The van der Waals surface area contributed by atoms with E-state index in [1.165, 1.54) is 12.1 Å². The summed E-state index contributed by atoms with van der Waals surface area (Å²) in [5, 5.41) is 0.589. The fraction of sp³-hybridized carbons (Fsp3) is 0.0870. The molecule has 3 aromatic carbocycles. The van der Waals surface area contributed by atoms with Gasteiger partial charge in [-0.05, 0) is 35.9 Å². The molecule has 1 aliphatic heterocycles. The average molecular weight is 413 g/mol. The number of hydrogen-bond acceptors (Lipinski definition) is 3. The largest absolute Gasteiger partial charge is 0.488 e. The second-order valence-electron chi connectivity index (χ2n) is 6.46. The highest BCUT2D eigenvalue weighted by atomic mass is 35.5. The van der Waals surface area contributed by atoms with Gasteiger partial charge in [-0.15, -0.1) is 0 Å². The molecule has 0 aliphatic carbocycles. The van der Waals surface area contributed by atoms with Crippen LogP contribution in [-0.4, -0.2) is 12.6 Å². The Hall–Kier alpha value is -3.18. The summed E-state index contributed by atoms with van der Waals surface area (Å²) in [5.41, 5.74) is 2.68. The maximum absolute atomic E-state index is 13.9. The molecule has 0 atom stereocenters. The van der Waals surface area contributed by atoms with Crippen LogP contribution in [0.15, 0.2) is 66.7 Å². The van der Waals surface area contributed by atoms with Crippen molar-refractivity contribution in [3.8, 4) is 5.75 Å². The first-order valence-electron chi connectivity index (χ1n) is 8.85. The third kappa shape index (κ3) is 4.00. The van der Waals surface area contributed by atoms with Crippen LogP contribution in [-0.2, 0) is 16.1 Å². The Bertz CT molecular complexity index is 1110. The van der Waals surface area contributed by atoms with Gasteiger partial charge in [-0.25, -0.2) is 13.6 Å². The number of hydrogen-bond donors (Lipinski definition) is 0. The highest BCUT2D eigenvalue weighted by Crippen LogP contribution is 2.37. The number of carbonyl (C=O) groups is 1. The number of benzene rings is 3. The van der Waals surface area contributed by atoms with Gasteiger partial charge >= 0.3 is 5.97 Å². The summed E-state index contributed by atoms with van der Waals surface area (Å²) < 4.78 is 38.1. The normalized spacial score (nSPS) is 13.6. The van der Waals surface area contributed by atoms with E-state index >= 15 is 0 Å². The van der Waals surface area contributed by atoms with Crippen LogP contribution in [0.4, 0.5) is 8.78 Å². The maximum atomic E-state index is 13.9. The van der Waals surface area contributed by atoms with E-state index in [0.29, 0.717) is 21.9 Å². The molecular formula is C23H15ClF2O3. The highest BCUT2D eigenvalue weighted by molar-refractivity contribution is 6.31. The van der Waals surface area contributed by atoms with Crippen LogP contribution in [0, 0.1) is 11.6 Å². The lowest BCUT2D eigenvalue weighted by molar-refractivity contribution is -0.133. The van der Waals surface area contributed by atoms with Gasteiger partial charge < -0.3 is 9.47 Å². The number of esters is 1. The lowest BCUT2D eigenvalue weighted by Crippen LogP contribution is -2.04. The lowest BCUT2D eigenvalue weighted by Gasteiger charge is -2.13. The number of halogens is 3. The van der Waals surface area contributed by atoms with E-state index in [0.717, 1.165) is 17.2 Å². The minimum atomic E-state index is -0.691. The molecule has 29 heavy (non-hydrogen) atoms. The molecule has 0 amide bonds. The third-order valence-corrected chi connectivity index (χ3v) is 4.85. The molecule has 0 radical (unpaired) electrons. The molecule has 0 unspecified atom stereocenters. The minimum absolute atomic E-state index is 0.109. The van der Waals surface area contributed by atoms with Crippen LogP contribution in [0.5, 0.6) is 5.75 Å². The molecule has 1 aliphatic rings. The number of rotatable bonds is 5. The fourth-order valence-electron chi connectivity index (χ4n) is 3.15. The fourth-order valence-corrected chi connectivity index (χ4v) is 3.28. The van der Waals surface area contributed by atoms with Gasteiger partial charge in [0.2, 0.25) is 0 Å². The number of cyclic esters (lactones) is 1. The van der Waals surface area contributed by atoms with Crippen molar-refractivity contribution < 1.29 is 23.0 Å². The molecule has 0 spiro atoms. The second-order valence-corrected chi connectivity index (χ2v) is 6.89. The number of ether oxygens (including phenoxy) is 2. The van der Waals surface area contributed by atoms with Crippen LogP contribution in [0.25, 0.3) is 11.1 Å². The van der Waals surface area contributed by atoms with Gasteiger partial charge in [-0.3, -0.25) is 0 Å². The molecule has 146 valence electrons. The maximum Gasteiger partial charge on any atom is 0.339 e. The van der Waals surface area contributed by atoms with Crippen molar-refractivity contribution in [3.05, 3.63) is 100 Å². The van der Waals surface area contributed by atoms with E-state index in [1.807, 2.05) is 12.1 Å². The number of carbonyl (C=O) groups excluding carboxylic acids is 1. The summed E-state index contributed by atoms with van der Waals surface area (Å²) >= 11 is 5.96. The molecule has 4 rings (SSSR count). The van der Waals surface area contributed by atoms with Gasteiger partial charge in [-0.1, -0.05) is 41.9 Å². The quantitative estimate of drug-likeness (QED) is 0.507. The topological polar surface area (TPSA) is 35.5 Å². The van der Waals surface area contributed by atoms with Gasteiger partial charge in [-0.2, -0.15) is 0 Å². The van der Waals surface area contributed by atoms with Crippen LogP contribution < -0.4 is 4.74 Å². The van der Waals surface area contributed by atoms with Crippen LogP contribution in [0.1, 0.15) is 16.7 Å². The molecule has 0 N–H and O–H groups in total. The van der Waals surface area contributed by atoms with E-state index in [1.54, 1.807) is 36.4 Å². The van der Waals surface area contributed by atoms with Crippen molar-refractivity contribution in [2.24, 2.45) is 0 Å². The summed E-state index contributed by atoms with van der Waals surface area (Å²) in [4.78, 5) is 12.5. The first kappa shape index (κ1) is 19.2. The SMILES string of the molecule is O=C1OCC(c2ccc(Cl)cc2)=C1c1ccccc1OCc1ccc(F)cc1F. The summed E-state index contributed by atoms with van der Waals surface area (Å²) in [6.45, 7) is 0.0262. The molecule has 3 nitrogen and oxygen atoms in total. The smallest absolute Gasteiger partial charge is 0.339 e. The summed E-state index contributed by atoms with van der Waals surface area (Å²) in [6, 6.07) is 17.4. The monoisotopic (exact) mass is 412 g/mol. The molecule has 0 bridgehead atoms. The Labute approximate surface area is 171 Å². The third-order valence-electron chi connectivity index (χ3n) is 4.60. The van der Waals surface area contributed by atoms with Crippen molar-refractivity contribution in [1.82, 2.24) is 0 Å². The first-order valence-corrected chi connectivity index (χ1v) is 9.23. The number of para-hydroxylation sites is 1. The molecule has 0 saturated carbocycles. The van der Waals surface area contributed by atoms with Crippen LogP contribution in [0.3, 0.4) is 0 Å². The highest BCUT2D eigenvalue weighted by Gasteiger charge is 2.29. The molecule has 6 heteroatoms. The lowest BCUT2D eigenvalue weighted by atomic mass is 9.96. The van der Waals surface area contributed by atoms with E-state index in [-0.39, 0.29) is 18.8 Å². The van der Waals surface area contributed by atoms with Crippen molar-refractivity contribution in [3.63, 3.8) is 0 Å². The standard InChI is InChI=1S/C23H15ClF2O3/c24-16-8-5-14(6-9-16)19-13-29-23(27)22(19)18-3-1-2-4-21(18)28-12-15-7-10-17(25)11-20(15)26/h1-11H,12-13H2. The van der Waals surface area contributed by atoms with Gasteiger partial charge in [0.15, 0.2) is 0 Å². The molecule has 0 fully saturated rings. The molecular weight excluding hydrogens is 398 g/mol. The predicted molar refractivity (Wildman–Crippen MR) is 106 cm³/mol. The zero-order valence-corrected chi connectivity index (χ0v) is 15.9. The molecule has 1 heterocycles. The van der Waals surface area contributed by atoms with Crippen molar-refractivity contribution in [2.45, 2.75) is 6.61 Å². The molecule has 0 aromatic heterocycles. The Morgan fingerprint density at radius 3 is 2.52 bits per heavy atom. The van der Waals surface area contributed by atoms with Gasteiger partial charge in [0, 0.05) is 27.8 Å². The molecule has 0 saturated heterocycles. The zero-order valence-electron chi connectivity index (χ0n) is 15.1. The van der Waals surface area contributed by atoms with Crippen molar-refractivity contribution >= 4 is 28.7 Å². The summed E-state index contributed by atoms with van der Waals surface area (Å²) in [5.74, 6) is -1.41. The summed E-state index contributed by atoms with van der Waals surface area (Å²) in [7, 11) is 0. The Balaban J connectivity index is 1.70. The average Bonchev–Trinajstić information content (AvgIpc) is 3.09. The van der Waals surface area contributed by atoms with Crippen molar-refractivity contribution in [2.75, 3.05) is 6.61 Å². The second kappa shape index (κ2) is 8.05. The van der Waals surface area contributed by atoms with Crippen LogP contribution >= 0.6 is 11.6 Å². The Morgan fingerprint density at radius 1 is 1.00 bits per heavy atom. The van der Waals surface area contributed by atoms with E-state index in [9.17, 15) is 13.6 Å². The molecule has 3 aromatic rings. The van der Waals surface area contributed by atoms with E-state index in [4.69, 9.17) is 21.1 Å². The van der Waals surface area contributed by atoms with E-state index < -0.39 is 17.6 Å². The van der Waals surface area contributed by atoms with Gasteiger partial charge in [0.05, 0.1) is 5.57 Å². The first-order chi connectivity index (χ1) is 14.0. The van der Waals surface area contributed by atoms with E-state index in [2.05, 4.69) is 0 Å². The minimum Gasteiger partial charge on any atom is -0.488 e. The van der Waals surface area contributed by atoms with Gasteiger partial charge in [0.25, 0.3) is 0 Å². The van der Waals surface area contributed by atoms with Crippen molar-refractivity contribution in [1.29, 1.82) is 0 Å². The Kier molecular flexibility index (Phi) is 5.32.